The molecule has 3 nitrogen and oxygen atoms in total. The third-order valence-corrected chi connectivity index (χ3v) is 13.8. The Labute approximate surface area is 359 Å². The zero-order valence-electron chi connectivity index (χ0n) is 33.6. The van der Waals surface area contributed by atoms with Crippen LogP contribution in [0.2, 0.25) is 0 Å². The number of aromatic nitrogens is 1. The second-order valence-electron chi connectivity index (χ2n) is 16.8. The summed E-state index contributed by atoms with van der Waals surface area (Å²) >= 11 is 0. The molecule has 0 fully saturated rings. The van der Waals surface area contributed by atoms with Crippen LogP contribution in [0.25, 0.3) is 71.6 Å². The minimum atomic E-state index is -0.429. The van der Waals surface area contributed by atoms with Gasteiger partial charge in [-0.1, -0.05) is 158 Å². The average molecular weight is 789 g/mol. The lowest BCUT2D eigenvalue weighted by atomic mass is 9.70. The van der Waals surface area contributed by atoms with Gasteiger partial charge in [0.1, 0.15) is 0 Å². The molecule has 0 saturated heterocycles. The normalized spacial score (nSPS) is 13.4. The highest BCUT2D eigenvalue weighted by molar-refractivity contribution is 6.12. The Kier molecular flexibility index (Phi) is 6.76. The number of benzene rings is 10. The van der Waals surface area contributed by atoms with E-state index in [4.69, 9.17) is 4.74 Å². The number of ether oxygens (including phenoxy) is 1. The fourth-order valence-electron chi connectivity index (χ4n) is 11.2. The standard InChI is InChI=1S/C59H36N2O/c1-2-13-39-34-42(30-26-37(39)12-1)60(43-31-32-47-46-16-5-9-21-52(46)59(53(47)36-43)50-19-7-3-14-44(50)45-15-4-8-20-51(45)59)41-28-24-38(25-29-41)40-27-33-55-57(35-40)62-56-23-11-18-49-48-17-6-10-22-54(48)61(55)58(49)56/h1-36H. The van der Waals surface area contributed by atoms with Gasteiger partial charge in [-0.3, -0.25) is 0 Å². The van der Waals surface area contributed by atoms with E-state index in [-0.39, 0.29) is 0 Å². The average Bonchev–Trinajstić information content (AvgIpc) is 3.95. The van der Waals surface area contributed by atoms with Gasteiger partial charge in [0.2, 0.25) is 0 Å². The van der Waals surface area contributed by atoms with Crippen molar-refractivity contribution in [2.24, 2.45) is 0 Å². The Morgan fingerprint density at radius 1 is 0.371 bits per heavy atom. The van der Waals surface area contributed by atoms with Crippen molar-refractivity contribution in [1.29, 1.82) is 0 Å². The molecule has 1 spiro atoms. The van der Waals surface area contributed by atoms with Crippen molar-refractivity contribution in [2.75, 3.05) is 4.90 Å². The maximum atomic E-state index is 6.67. The first-order valence-corrected chi connectivity index (χ1v) is 21.4. The molecule has 0 saturated carbocycles. The third-order valence-electron chi connectivity index (χ3n) is 13.8. The Morgan fingerprint density at radius 2 is 0.952 bits per heavy atom. The van der Waals surface area contributed by atoms with E-state index < -0.39 is 5.41 Å². The van der Waals surface area contributed by atoms with Gasteiger partial charge in [0.25, 0.3) is 0 Å². The van der Waals surface area contributed by atoms with Gasteiger partial charge < -0.3 is 14.2 Å². The number of fused-ring (bicyclic) bond motifs is 16. The summed E-state index contributed by atoms with van der Waals surface area (Å²) in [6.45, 7) is 0. The van der Waals surface area contributed by atoms with E-state index in [1.807, 2.05) is 0 Å². The first-order chi connectivity index (χ1) is 30.7. The van der Waals surface area contributed by atoms with E-state index in [9.17, 15) is 0 Å². The molecule has 2 aliphatic carbocycles. The topological polar surface area (TPSA) is 17.4 Å². The summed E-state index contributed by atoms with van der Waals surface area (Å²) in [5, 5.41) is 4.87. The van der Waals surface area contributed by atoms with Crippen molar-refractivity contribution in [3.8, 4) is 50.6 Å². The molecule has 14 rings (SSSR count). The maximum Gasteiger partial charge on any atom is 0.152 e. The molecule has 288 valence electrons. The molecule has 1 aromatic heterocycles. The van der Waals surface area contributed by atoms with Gasteiger partial charge in [-0.2, -0.15) is 0 Å². The van der Waals surface area contributed by atoms with E-state index in [0.29, 0.717) is 0 Å². The van der Waals surface area contributed by atoms with E-state index in [0.717, 1.165) is 50.9 Å². The van der Waals surface area contributed by atoms with Crippen LogP contribution in [0.3, 0.4) is 0 Å². The number of hydrogen-bond acceptors (Lipinski definition) is 2. The largest absolute Gasteiger partial charge is 0.453 e. The maximum absolute atomic E-state index is 6.67. The Bertz CT molecular complexity index is 3620. The molecule has 0 unspecified atom stereocenters. The van der Waals surface area contributed by atoms with Crippen molar-refractivity contribution in [3.05, 3.63) is 241 Å². The molecule has 0 bridgehead atoms. The SMILES string of the molecule is c1ccc2c(c1)-c1ccccc1C21c2ccccc2-c2ccc(N(c3ccc(-c4ccc5c(c4)Oc4cccc6c7ccccc7n-5c46)cc3)c3ccc4ccccc4c3)cc21. The first kappa shape index (κ1) is 33.7. The highest BCUT2D eigenvalue weighted by Gasteiger charge is 2.51. The molecule has 0 atom stereocenters. The summed E-state index contributed by atoms with van der Waals surface area (Å²) in [4.78, 5) is 2.43. The van der Waals surface area contributed by atoms with E-state index in [1.54, 1.807) is 0 Å². The molecular formula is C59H36N2O. The smallest absolute Gasteiger partial charge is 0.152 e. The highest BCUT2D eigenvalue weighted by Crippen LogP contribution is 2.63. The van der Waals surface area contributed by atoms with Crippen LogP contribution in [0.15, 0.2) is 218 Å². The lowest BCUT2D eigenvalue weighted by molar-refractivity contribution is 0.476. The van der Waals surface area contributed by atoms with E-state index in [2.05, 4.69) is 228 Å². The zero-order valence-corrected chi connectivity index (χ0v) is 33.6. The fraction of sp³-hybridized carbons (Fsp3) is 0.0169. The lowest BCUT2D eigenvalue weighted by Crippen LogP contribution is -2.26. The monoisotopic (exact) mass is 788 g/mol. The van der Waals surface area contributed by atoms with Crippen LogP contribution in [0.1, 0.15) is 22.3 Å². The summed E-state index contributed by atoms with van der Waals surface area (Å²) in [7, 11) is 0. The Balaban J connectivity index is 0.924. The number of para-hydroxylation sites is 2. The van der Waals surface area contributed by atoms with Crippen molar-refractivity contribution in [2.45, 2.75) is 5.41 Å². The van der Waals surface area contributed by atoms with E-state index in [1.165, 1.54) is 71.6 Å². The molecule has 3 aliphatic rings. The van der Waals surface area contributed by atoms with Crippen LogP contribution in [0.4, 0.5) is 17.1 Å². The molecular weight excluding hydrogens is 753 g/mol. The fourth-order valence-corrected chi connectivity index (χ4v) is 11.2. The second-order valence-corrected chi connectivity index (χ2v) is 16.8. The van der Waals surface area contributed by atoms with Gasteiger partial charge in [0, 0.05) is 27.8 Å². The predicted octanol–water partition coefficient (Wildman–Crippen LogP) is 15.5. The third kappa shape index (κ3) is 4.44. The summed E-state index contributed by atoms with van der Waals surface area (Å²) in [6.07, 6.45) is 0. The van der Waals surface area contributed by atoms with Crippen molar-refractivity contribution >= 4 is 49.6 Å². The second kappa shape index (κ2) is 12.4. The number of nitrogens with zero attached hydrogens (tertiary/aromatic N) is 2. The molecule has 11 aromatic rings. The molecule has 1 aliphatic heterocycles. The molecule has 0 radical (unpaired) electrons. The predicted molar refractivity (Wildman–Crippen MR) is 255 cm³/mol. The van der Waals surface area contributed by atoms with Crippen LogP contribution < -0.4 is 9.64 Å². The van der Waals surface area contributed by atoms with Gasteiger partial charge in [-0.05, 0) is 127 Å². The number of hydrogen-bond donors (Lipinski definition) is 0. The van der Waals surface area contributed by atoms with Crippen LogP contribution in [0.5, 0.6) is 11.5 Å². The summed E-state index contributed by atoms with van der Waals surface area (Å²) in [5.74, 6) is 1.74. The molecule has 0 amide bonds. The lowest BCUT2D eigenvalue weighted by Gasteiger charge is -2.32. The minimum absolute atomic E-state index is 0.429. The molecule has 0 N–H and O–H groups in total. The number of anilines is 3. The Morgan fingerprint density at radius 3 is 1.71 bits per heavy atom. The van der Waals surface area contributed by atoms with Crippen molar-refractivity contribution in [3.63, 3.8) is 0 Å². The van der Waals surface area contributed by atoms with Gasteiger partial charge in [-0.15, -0.1) is 0 Å². The summed E-state index contributed by atoms with van der Waals surface area (Å²) in [5.41, 5.74) is 19.0. The quantitative estimate of drug-likeness (QED) is 0.177. The van der Waals surface area contributed by atoms with Gasteiger partial charge in [0.15, 0.2) is 11.5 Å². The summed E-state index contributed by atoms with van der Waals surface area (Å²) < 4.78 is 9.02. The molecule has 3 heteroatoms. The molecule has 10 aromatic carbocycles. The summed E-state index contributed by atoms with van der Waals surface area (Å²) in [6, 6.07) is 80.3. The highest BCUT2D eigenvalue weighted by atomic mass is 16.5. The van der Waals surface area contributed by atoms with Crippen LogP contribution >= 0.6 is 0 Å². The Hall–Kier alpha value is -8.14. The zero-order chi connectivity index (χ0) is 40.5. The van der Waals surface area contributed by atoms with Crippen LogP contribution in [-0.2, 0) is 5.41 Å². The number of rotatable bonds is 4. The first-order valence-electron chi connectivity index (χ1n) is 21.4. The van der Waals surface area contributed by atoms with Gasteiger partial charge in [-0.25, -0.2) is 0 Å². The van der Waals surface area contributed by atoms with Crippen molar-refractivity contribution < 1.29 is 4.74 Å². The minimum Gasteiger partial charge on any atom is -0.453 e. The van der Waals surface area contributed by atoms with Gasteiger partial charge in [0.05, 0.1) is 22.1 Å². The van der Waals surface area contributed by atoms with Crippen molar-refractivity contribution in [1.82, 2.24) is 4.57 Å². The molecule has 2 heterocycles. The van der Waals surface area contributed by atoms with Crippen LogP contribution in [-0.4, -0.2) is 4.57 Å². The van der Waals surface area contributed by atoms with Gasteiger partial charge >= 0.3 is 0 Å². The van der Waals surface area contributed by atoms with Crippen LogP contribution in [0, 0.1) is 0 Å². The molecule has 62 heavy (non-hydrogen) atoms. The van der Waals surface area contributed by atoms with E-state index >= 15 is 0 Å².